The van der Waals surface area contributed by atoms with Gasteiger partial charge in [-0.2, -0.15) is 12.6 Å². The molecule has 0 saturated carbocycles. The van der Waals surface area contributed by atoms with Gasteiger partial charge in [0.1, 0.15) is 0 Å². The topological polar surface area (TPSA) is 9.23 Å². The average molecular weight is 174 g/mol. The molecule has 1 nitrogen and oxygen atoms in total. The molecule has 0 aromatic heterocycles. The van der Waals surface area contributed by atoms with E-state index < -0.39 is 0 Å². The fraction of sp³-hybridized carbons (Fsp3) is 1.00. The van der Waals surface area contributed by atoms with Crippen LogP contribution in [0.4, 0.5) is 0 Å². The van der Waals surface area contributed by atoms with E-state index in [1.165, 1.54) is 25.7 Å². The molecule has 1 fully saturated rings. The summed E-state index contributed by atoms with van der Waals surface area (Å²) in [6.45, 7) is 4.30. The van der Waals surface area contributed by atoms with Gasteiger partial charge in [-0.25, -0.2) is 0 Å². The van der Waals surface area contributed by atoms with Crippen LogP contribution in [0.25, 0.3) is 0 Å². The second-order valence-electron chi connectivity index (χ2n) is 3.75. The predicted octanol–water partition coefficient (Wildman–Crippen LogP) is 2.51. The van der Waals surface area contributed by atoms with Crippen molar-refractivity contribution < 1.29 is 4.74 Å². The van der Waals surface area contributed by atoms with E-state index in [1.54, 1.807) is 0 Å². The van der Waals surface area contributed by atoms with Gasteiger partial charge in [-0.05, 0) is 36.9 Å². The first-order valence-electron chi connectivity index (χ1n) is 4.45. The molecule has 0 aliphatic carbocycles. The molecule has 1 aliphatic heterocycles. The van der Waals surface area contributed by atoms with Crippen molar-refractivity contribution in [3.05, 3.63) is 0 Å². The van der Waals surface area contributed by atoms with E-state index in [2.05, 4.69) is 19.6 Å². The van der Waals surface area contributed by atoms with E-state index in [0.717, 1.165) is 19.0 Å². The summed E-state index contributed by atoms with van der Waals surface area (Å²) < 4.78 is 5.33. The van der Waals surface area contributed by atoms with Gasteiger partial charge in [0.05, 0.1) is 0 Å². The zero-order valence-corrected chi connectivity index (χ0v) is 8.20. The van der Waals surface area contributed by atoms with E-state index in [4.69, 9.17) is 4.74 Å². The maximum absolute atomic E-state index is 5.33. The van der Waals surface area contributed by atoms with Crippen LogP contribution in [0, 0.1) is 5.41 Å². The lowest BCUT2D eigenvalue weighted by molar-refractivity contribution is 0.0196. The molecule has 0 unspecified atom stereocenters. The molecule has 2 heteroatoms. The minimum absolute atomic E-state index is 0.557. The summed E-state index contributed by atoms with van der Waals surface area (Å²) in [6.07, 6.45) is 5.04. The molecule has 0 N–H and O–H groups in total. The molecule has 0 bridgehead atoms. The zero-order chi connectivity index (χ0) is 8.16. The van der Waals surface area contributed by atoms with Gasteiger partial charge in [-0.15, -0.1) is 0 Å². The lowest BCUT2D eigenvalue weighted by Gasteiger charge is -2.33. The highest BCUT2D eigenvalue weighted by atomic mass is 32.1. The van der Waals surface area contributed by atoms with Crippen LogP contribution >= 0.6 is 12.6 Å². The average Bonchev–Trinajstić information content (AvgIpc) is 2.03. The summed E-state index contributed by atoms with van der Waals surface area (Å²) >= 11 is 4.23. The van der Waals surface area contributed by atoms with Gasteiger partial charge in [0.15, 0.2) is 0 Å². The SMILES string of the molecule is CC1(CCCS)CCOCC1. The second-order valence-corrected chi connectivity index (χ2v) is 4.20. The Bertz CT molecular complexity index is 108. The molecular formula is C9H18OS. The van der Waals surface area contributed by atoms with Crippen molar-refractivity contribution in [3.8, 4) is 0 Å². The Morgan fingerprint density at radius 2 is 2.00 bits per heavy atom. The Balaban J connectivity index is 2.25. The Labute approximate surface area is 74.9 Å². The summed E-state index contributed by atoms with van der Waals surface area (Å²) in [5.74, 6) is 1.02. The highest BCUT2D eigenvalue weighted by Gasteiger charge is 2.26. The molecule has 0 aromatic rings. The van der Waals surface area contributed by atoms with Gasteiger partial charge in [-0.3, -0.25) is 0 Å². The third-order valence-corrected chi connectivity index (χ3v) is 2.95. The molecule has 0 atom stereocenters. The summed E-state index contributed by atoms with van der Waals surface area (Å²) in [5, 5.41) is 0. The van der Waals surface area contributed by atoms with Crippen LogP contribution in [0.15, 0.2) is 0 Å². The number of hydrogen-bond acceptors (Lipinski definition) is 2. The normalized spacial score (nSPS) is 23.5. The first-order chi connectivity index (χ1) is 5.27. The zero-order valence-electron chi connectivity index (χ0n) is 7.31. The summed E-state index contributed by atoms with van der Waals surface area (Å²) in [4.78, 5) is 0. The van der Waals surface area contributed by atoms with Crippen molar-refractivity contribution in [2.24, 2.45) is 5.41 Å². The van der Waals surface area contributed by atoms with Crippen LogP contribution in [-0.2, 0) is 4.74 Å². The lowest BCUT2D eigenvalue weighted by Crippen LogP contribution is -2.26. The van der Waals surface area contributed by atoms with Gasteiger partial charge in [0.2, 0.25) is 0 Å². The number of thiol groups is 1. The maximum Gasteiger partial charge on any atom is 0.0471 e. The van der Waals surface area contributed by atoms with Gasteiger partial charge in [0.25, 0.3) is 0 Å². The van der Waals surface area contributed by atoms with E-state index >= 15 is 0 Å². The van der Waals surface area contributed by atoms with Gasteiger partial charge < -0.3 is 4.74 Å². The van der Waals surface area contributed by atoms with Gasteiger partial charge in [-0.1, -0.05) is 6.92 Å². The molecule has 1 aliphatic rings. The minimum atomic E-state index is 0.557. The quantitative estimate of drug-likeness (QED) is 0.647. The van der Waals surface area contributed by atoms with E-state index in [9.17, 15) is 0 Å². The fourth-order valence-corrected chi connectivity index (χ4v) is 1.78. The summed E-state index contributed by atoms with van der Waals surface area (Å²) in [6, 6.07) is 0. The smallest absolute Gasteiger partial charge is 0.0471 e. The van der Waals surface area contributed by atoms with Gasteiger partial charge in [0, 0.05) is 13.2 Å². The van der Waals surface area contributed by atoms with Crippen molar-refractivity contribution in [3.63, 3.8) is 0 Å². The monoisotopic (exact) mass is 174 g/mol. The maximum atomic E-state index is 5.33. The molecule has 0 radical (unpaired) electrons. The Kier molecular flexibility index (Phi) is 3.73. The Morgan fingerprint density at radius 1 is 1.36 bits per heavy atom. The predicted molar refractivity (Wildman–Crippen MR) is 51.2 cm³/mol. The number of ether oxygens (including phenoxy) is 1. The van der Waals surface area contributed by atoms with E-state index in [1.807, 2.05) is 0 Å². The fourth-order valence-electron chi connectivity index (χ4n) is 1.62. The first-order valence-corrected chi connectivity index (χ1v) is 5.09. The molecule has 1 saturated heterocycles. The van der Waals surface area contributed by atoms with Crippen LogP contribution in [0.2, 0.25) is 0 Å². The molecular weight excluding hydrogens is 156 g/mol. The van der Waals surface area contributed by atoms with Crippen LogP contribution in [0.5, 0.6) is 0 Å². The molecule has 1 rings (SSSR count). The molecule has 0 amide bonds. The lowest BCUT2D eigenvalue weighted by atomic mass is 9.79. The molecule has 0 spiro atoms. The van der Waals surface area contributed by atoms with Crippen molar-refractivity contribution in [2.75, 3.05) is 19.0 Å². The number of hydrogen-bond donors (Lipinski definition) is 1. The minimum Gasteiger partial charge on any atom is -0.381 e. The van der Waals surface area contributed by atoms with Crippen LogP contribution in [0.1, 0.15) is 32.6 Å². The Morgan fingerprint density at radius 3 is 2.55 bits per heavy atom. The van der Waals surface area contributed by atoms with Crippen LogP contribution in [-0.4, -0.2) is 19.0 Å². The largest absolute Gasteiger partial charge is 0.381 e. The Hall–Kier alpha value is 0.310. The van der Waals surface area contributed by atoms with Gasteiger partial charge >= 0.3 is 0 Å². The third kappa shape index (κ3) is 3.04. The first kappa shape index (κ1) is 9.40. The molecule has 0 aromatic carbocycles. The third-order valence-electron chi connectivity index (χ3n) is 2.64. The van der Waals surface area contributed by atoms with Crippen LogP contribution in [0.3, 0.4) is 0 Å². The number of rotatable bonds is 3. The van der Waals surface area contributed by atoms with Crippen molar-refractivity contribution in [1.82, 2.24) is 0 Å². The highest BCUT2D eigenvalue weighted by molar-refractivity contribution is 7.80. The van der Waals surface area contributed by atoms with Crippen molar-refractivity contribution in [1.29, 1.82) is 0 Å². The van der Waals surface area contributed by atoms with Crippen LogP contribution < -0.4 is 0 Å². The highest BCUT2D eigenvalue weighted by Crippen LogP contribution is 2.34. The molecule has 66 valence electrons. The van der Waals surface area contributed by atoms with Crippen molar-refractivity contribution in [2.45, 2.75) is 32.6 Å². The standard InChI is InChI=1S/C9H18OS/c1-9(3-2-8-11)4-6-10-7-5-9/h11H,2-8H2,1H3. The summed E-state index contributed by atoms with van der Waals surface area (Å²) in [7, 11) is 0. The van der Waals surface area contributed by atoms with E-state index in [-0.39, 0.29) is 0 Å². The summed E-state index contributed by atoms with van der Waals surface area (Å²) in [5.41, 5.74) is 0.557. The molecule has 1 heterocycles. The van der Waals surface area contributed by atoms with E-state index in [0.29, 0.717) is 5.41 Å². The molecule has 11 heavy (non-hydrogen) atoms. The van der Waals surface area contributed by atoms with Crippen molar-refractivity contribution >= 4 is 12.6 Å². The second kappa shape index (κ2) is 4.36.